The lowest BCUT2D eigenvalue weighted by atomic mass is 9.95. The zero-order chi connectivity index (χ0) is 12.3. The van der Waals surface area contributed by atoms with Crippen LogP contribution in [0, 0.1) is 5.92 Å². The van der Waals surface area contributed by atoms with Crippen molar-refractivity contribution in [1.82, 2.24) is 4.90 Å². The fraction of sp³-hybridized carbons (Fsp3) is 0.583. The summed E-state index contributed by atoms with van der Waals surface area (Å²) in [4.78, 5) is 14.8. The summed E-state index contributed by atoms with van der Waals surface area (Å²) in [7, 11) is 0. The number of rotatable bonds is 3. The summed E-state index contributed by atoms with van der Waals surface area (Å²) in [6, 6.07) is 1.78. The first-order chi connectivity index (χ1) is 8.22. The summed E-state index contributed by atoms with van der Waals surface area (Å²) in [5.41, 5.74) is 5.58. The number of nitrogens with two attached hydrogens (primary N) is 1. The number of carbonyl (C=O) groups excluding carboxylic acids is 1. The van der Waals surface area contributed by atoms with Gasteiger partial charge in [-0.3, -0.25) is 4.79 Å². The topological polar surface area (TPSA) is 46.3 Å². The maximum atomic E-state index is 12.3. The molecule has 1 saturated heterocycles. The van der Waals surface area contributed by atoms with Gasteiger partial charge in [-0.2, -0.15) is 0 Å². The lowest BCUT2D eigenvalue weighted by molar-refractivity contribution is 0.0674. The van der Waals surface area contributed by atoms with Gasteiger partial charge in [-0.25, -0.2) is 0 Å². The molecule has 0 aliphatic carbocycles. The third-order valence-corrected chi connectivity index (χ3v) is 4.52. The Morgan fingerprint density at radius 3 is 3.12 bits per heavy atom. The number of thiophene rings is 1. The van der Waals surface area contributed by atoms with E-state index >= 15 is 0 Å². The van der Waals surface area contributed by atoms with E-state index in [1.54, 1.807) is 6.07 Å². The zero-order valence-corrected chi connectivity index (χ0v) is 11.3. The Labute approximate surface area is 111 Å². The minimum atomic E-state index is 0.0757. The van der Waals surface area contributed by atoms with Crippen molar-refractivity contribution < 1.29 is 4.79 Å². The molecule has 0 spiro atoms. The van der Waals surface area contributed by atoms with Gasteiger partial charge in [-0.15, -0.1) is 11.3 Å². The van der Waals surface area contributed by atoms with Gasteiger partial charge in [-0.1, -0.05) is 11.6 Å². The van der Waals surface area contributed by atoms with Gasteiger partial charge in [0.25, 0.3) is 5.91 Å². The minimum absolute atomic E-state index is 0.0757. The van der Waals surface area contributed by atoms with Crippen LogP contribution in [0.1, 0.15) is 28.9 Å². The molecule has 1 atom stereocenters. The van der Waals surface area contributed by atoms with E-state index in [-0.39, 0.29) is 5.91 Å². The summed E-state index contributed by atoms with van der Waals surface area (Å²) in [6.07, 6.45) is 3.25. The van der Waals surface area contributed by atoms with Crippen molar-refractivity contribution in [2.24, 2.45) is 11.7 Å². The van der Waals surface area contributed by atoms with Crippen LogP contribution in [0.5, 0.6) is 0 Å². The molecule has 2 rings (SSSR count). The fourth-order valence-electron chi connectivity index (χ4n) is 2.31. The minimum Gasteiger partial charge on any atom is -0.338 e. The standard InChI is InChI=1S/C12H17ClN2OS/c13-10-4-7-17-11(10)12(16)15-6-1-2-9(8-15)3-5-14/h4,7,9H,1-3,5-6,8,14H2. The maximum absolute atomic E-state index is 12.3. The van der Waals surface area contributed by atoms with Gasteiger partial charge in [0.2, 0.25) is 0 Å². The first kappa shape index (κ1) is 12.9. The Bertz CT molecular complexity index is 392. The highest BCUT2D eigenvalue weighted by molar-refractivity contribution is 7.12. The van der Waals surface area contributed by atoms with Crippen molar-refractivity contribution in [3.63, 3.8) is 0 Å². The van der Waals surface area contributed by atoms with Crippen molar-refractivity contribution in [1.29, 1.82) is 0 Å². The summed E-state index contributed by atoms with van der Waals surface area (Å²) in [5.74, 6) is 0.628. The molecule has 1 aliphatic rings. The number of piperidine rings is 1. The highest BCUT2D eigenvalue weighted by Crippen LogP contribution is 2.26. The van der Waals surface area contributed by atoms with E-state index in [9.17, 15) is 4.79 Å². The molecule has 1 amide bonds. The van der Waals surface area contributed by atoms with Crippen LogP contribution in [-0.4, -0.2) is 30.4 Å². The molecule has 94 valence electrons. The average Bonchev–Trinajstić information content (AvgIpc) is 2.75. The number of carbonyl (C=O) groups is 1. The van der Waals surface area contributed by atoms with E-state index in [4.69, 9.17) is 17.3 Å². The largest absolute Gasteiger partial charge is 0.338 e. The molecule has 0 radical (unpaired) electrons. The first-order valence-electron chi connectivity index (χ1n) is 5.94. The summed E-state index contributed by atoms with van der Waals surface area (Å²) >= 11 is 7.41. The third kappa shape index (κ3) is 3.00. The molecule has 0 saturated carbocycles. The summed E-state index contributed by atoms with van der Waals surface area (Å²) < 4.78 is 0. The highest BCUT2D eigenvalue weighted by Gasteiger charge is 2.25. The predicted octanol–water partition coefficient (Wildman–Crippen LogP) is 2.60. The number of amides is 1. The van der Waals surface area contributed by atoms with Gasteiger partial charge in [0.05, 0.1) is 5.02 Å². The monoisotopic (exact) mass is 272 g/mol. The van der Waals surface area contributed by atoms with Crippen LogP contribution in [0.3, 0.4) is 0 Å². The molecule has 5 heteroatoms. The smallest absolute Gasteiger partial charge is 0.265 e. The van der Waals surface area contributed by atoms with Crippen molar-refractivity contribution in [3.05, 3.63) is 21.3 Å². The van der Waals surface area contributed by atoms with E-state index in [0.717, 1.165) is 25.9 Å². The molecule has 1 unspecified atom stereocenters. The molecule has 17 heavy (non-hydrogen) atoms. The van der Waals surface area contributed by atoms with E-state index in [0.29, 0.717) is 22.4 Å². The van der Waals surface area contributed by atoms with Crippen LogP contribution in [0.15, 0.2) is 11.4 Å². The third-order valence-electron chi connectivity index (χ3n) is 3.19. The second-order valence-electron chi connectivity index (χ2n) is 4.43. The van der Waals surface area contributed by atoms with Crippen molar-refractivity contribution in [3.8, 4) is 0 Å². The second-order valence-corrected chi connectivity index (χ2v) is 5.76. The molecule has 1 aromatic heterocycles. The Morgan fingerprint density at radius 1 is 1.65 bits per heavy atom. The second kappa shape index (κ2) is 5.85. The van der Waals surface area contributed by atoms with Crippen molar-refractivity contribution in [2.75, 3.05) is 19.6 Å². The van der Waals surface area contributed by atoms with Crippen molar-refractivity contribution in [2.45, 2.75) is 19.3 Å². The molecular weight excluding hydrogens is 256 g/mol. The molecule has 2 N–H and O–H groups in total. The zero-order valence-electron chi connectivity index (χ0n) is 9.69. The summed E-state index contributed by atoms with van der Waals surface area (Å²) in [5, 5.41) is 2.43. The van der Waals surface area contributed by atoms with Crippen molar-refractivity contribution >= 4 is 28.8 Å². The molecule has 1 fully saturated rings. The van der Waals surface area contributed by atoms with E-state index in [2.05, 4.69) is 0 Å². The average molecular weight is 273 g/mol. The Kier molecular flexibility index (Phi) is 4.42. The number of likely N-dealkylation sites (tertiary alicyclic amines) is 1. The molecule has 0 bridgehead atoms. The predicted molar refractivity (Wildman–Crippen MR) is 71.6 cm³/mol. The highest BCUT2D eigenvalue weighted by atomic mass is 35.5. The number of hydrogen-bond acceptors (Lipinski definition) is 3. The number of halogens is 1. The molecule has 1 aromatic rings. The molecular formula is C12H17ClN2OS. The fourth-order valence-corrected chi connectivity index (χ4v) is 3.41. The maximum Gasteiger partial charge on any atom is 0.265 e. The normalized spacial score (nSPS) is 20.6. The molecule has 0 aromatic carbocycles. The van der Waals surface area contributed by atoms with Crippen LogP contribution in [0.2, 0.25) is 5.02 Å². The van der Waals surface area contributed by atoms with Gasteiger partial charge >= 0.3 is 0 Å². The van der Waals surface area contributed by atoms with E-state index in [1.807, 2.05) is 10.3 Å². The molecule has 1 aliphatic heterocycles. The van der Waals surface area contributed by atoms with Crippen LogP contribution in [0.25, 0.3) is 0 Å². The Morgan fingerprint density at radius 2 is 2.47 bits per heavy atom. The lowest BCUT2D eigenvalue weighted by Crippen LogP contribution is -2.40. The van der Waals surface area contributed by atoms with Gasteiger partial charge in [-0.05, 0) is 43.2 Å². The van der Waals surface area contributed by atoms with Crippen LogP contribution >= 0.6 is 22.9 Å². The Hall–Kier alpha value is -0.580. The Balaban J connectivity index is 2.02. The van der Waals surface area contributed by atoms with Gasteiger partial charge in [0.1, 0.15) is 4.88 Å². The number of hydrogen-bond donors (Lipinski definition) is 1. The van der Waals surface area contributed by atoms with Crippen LogP contribution < -0.4 is 5.73 Å². The number of nitrogens with zero attached hydrogens (tertiary/aromatic N) is 1. The van der Waals surface area contributed by atoms with E-state index in [1.165, 1.54) is 17.8 Å². The van der Waals surface area contributed by atoms with Gasteiger partial charge in [0.15, 0.2) is 0 Å². The summed E-state index contributed by atoms with van der Waals surface area (Å²) in [6.45, 7) is 2.37. The molecule has 2 heterocycles. The first-order valence-corrected chi connectivity index (χ1v) is 7.20. The van der Waals surface area contributed by atoms with E-state index < -0.39 is 0 Å². The van der Waals surface area contributed by atoms with Crippen LogP contribution in [-0.2, 0) is 0 Å². The van der Waals surface area contributed by atoms with Gasteiger partial charge < -0.3 is 10.6 Å². The van der Waals surface area contributed by atoms with Gasteiger partial charge in [0, 0.05) is 13.1 Å². The van der Waals surface area contributed by atoms with Crippen LogP contribution in [0.4, 0.5) is 0 Å². The molecule has 3 nitrogen and oxygen atoms in total. The SMILES string of the molecule is NCCC1CCCN(C(=O)c2sccc2Cl)C1. The quantitative estimate of drug-likeness (QED) is 0.919. The lowest BCUT2D eigenvalue weighted by Gasteiger charge is -2.32.